The van der Waals surface area contributed by atoms with Gasteiger partial charge in [-0.3, -0.25) is 4.98 Å². The van der Waals surface area contributed by atoms with Gasteiger partial charge in [-0.15, -0.1) is 0 Å². The highest BCUT2D eigenvalue weighted by Crippen LogP contribution is 2.30. The van der Waals surface area contributed by atoms with Gasteiger partial charge in [-0.25, -0.2) is 0 Å². The Balaban J connectivity index is 1.73. The number of rotatable bonds is 4. The van der Waals surface area contributed by atoms with Crippen molar-refractivity contribution in [3.63, 3.8) is 0 Å². The molecule has 0 aliphatic heterocycles. The van der Waals surface area contributed by atoms with Gasteiger partial charge in [-0.1, -0.05) is 19.9 Å². The van der Waals surface area contributed by atoms with Crippen molar-refractivity contribution in [1.82, 2.24) is 10.3 Å². The van der Waals surface area contributed by atoms with Crippen molar-refractivity contribution in [2.75, 3.05) is 6.54 Å². The normalized spacial score (nSPS) is 29.5. The first-order chi connectivity index (χ1) is 7.77. The standard InChI is InChI=1S/C14H22N2/c1-11-6-7-14(12(11)2)16-10-8-13-5-3-4-9-15-13/h3-5,9,11-12,14,16H,6-8,10H2,1-2H3. The van der Waals surface area contributed by atoms with Crippen LogP contribution in [0.25, 0.3) is 0 Å². The van der Waals surface area contributed by atoms with Crippen molar-refractivity contribution in [2.45, 2.75) is 39.2 Å². The average Bonchev–Trinajstić information content (AvgIpc) is 2.62. The van der Waals surface area contributed by atoms with E-state index in [1.165, 1.54) is 18.5 Å². The Morgan fingerprint density at radius 3 is 2.81 bits per heavy atom. The van der Waals surface area contributed by atoms with Gasteiger partial charge in [-0.05, 0) is 36.8 Å². The van der Waals surface area contributed by atoms with Gasteiger partial charge < -0.3 is 5.32 Å². The first kappa shape index (κ1) is 11.6. The monoisotopic (exact) mass is 218 g/mol. The van der Waals surface area contributed by atoms with Crippen LogP contribution in [0.2, 0.25) is 0 Å². The third-order valence-corrected chi connectivity index (χ3v) is 3.98. The van der Waals surface area contributed by atoms with E-state index in [4.69, 9.17) is 0 Å². The second kappa shape index (κ2) is 5.44. The number of nitrogens with zero attached hydrogens (tertiary/aromatic N) is 1. The zero-order valence-electron chi connectivity index (χ0n) is 10.3. The molecule has 2 heteroatoms. The Morgan fingerprint density at radius 2 is 2.19 bits per heavy atom. The molecule has 0 spiro atoms. The smallest absolute Gasteiger partial charge is 0.0416 e. The van der Waals surface area contributed by atoms with E-state index in [-0.39, 0.29) is 0 Å². The predicted molar refractivity (Wildman–Crippen MR) is 67.3 cm³/mol. The van der Waals surface area contributed by atoms with Crippen LogP contribution in [0.3, 0.4) is 0 Å². The van der Waals surface area contributed by atoms with E-state index < -0.39 is 0 Å². The quantitative estimate of drug-likeness (QED) is 0.840. The highest BCUT2D eigenvalue weighted by Gasteiger charge is 2.28. The highest BCUT2D eigenvalue weighted by atomic mass is 14.9. The molecule has 0 aromatic carbocycles. The molecule has 1 heterocycles. The lowest BCUT2D eigenvalue weighted by Gasteiger charge is -2.19. The summed E-state index contributed by atoms with van der Waals surface area (Å²) in [4.78, 5) is 4.34. The zero-order chi connectivity index (χ0) is 11.4. The first-order valence-electron chi connectivity index (χ1n) is 6.40. The topological polar surface area (TPSA) is 24.9 Å². The maximum atomic E-state index is 4.34. The molecule has 1 saturated carbocycles. The second-order valence-corrected chi connectivity index (χ2v) is 5.05. The Kier molecular flexibility index (Phi) is 3.94. The Hall–Kier alpha value is -0.890. The van der Waals surface area contributed by atoms with E-state index in [1.807, 2.05) is 12.3 Å². The van der Waals surface area contributed by atoms with Gasteiger partial charge in [-0.2, -0.15) is 0 Å². The van der Waals surface area contributed by atoms with Gasteiger partial charge in [0.15, 0.2) is 0 Å². The molecule has 0 radical (unpaired) electrons. The van der Waals surface area contributed by atoms with Crippen molar-refractivity contribution < 1.29 is 0 Å². The molecule has 2 rings (SSSR count). The van der Waals surface area contributed by atoms with E-state index in [2.05, 4.69) is 36.3 Å². The summed E-state index contributed by atoms with van der Waals surface area (Å²) in [5.41, 5.74) is 1.19. The maximum absolute atomic E-state index is 4.34. The lowest BCUT2D eigenvalue weighted by Crippen LogP contribution is -2.33. The summed E-state index contributed by atoms with van der Waals surface area (Å²) in [6.07, 6.45) is 5.63. The van der Waals surface area contributed by atoms with E-state index in [9.17, 15) is 0 Å². The van der Waals surface area contributed by atoms with Crippen molar-refractivity contribution in [2.24, 2.45) is 11.8 Å². The number of aromatic nitrogens is 1. The number of pyridine rings is 1. The molecule has 0 saturated heterocycles. The summed E-state index contributed by atoms with van der Waals surface area (Å²) in [6, 6.07) is 6.85. The average molecular weight is 218 g/mol. The predicted octanol–water partition coefficient (Wildman–Crippen LogP) is 2.65. The van der Waals surface area contributed by atoms with Gasteiger partial charge >= 0.3 is 0 Å². The van der Waals surface area contributed by atoms with E-state index >= 15 is 0 Å². The summed E-state index contributed by atoms with van der Waals surface area (Å²) < 4.78 is 0. The summed E-state index contributed by atoms with van der Waals surface area (Å²) in [5, 5.41) is 3.67. The summed E-state index contributed by atoms with van der Waals surface area (Å²) in [5.74, 6) is 1.70. The van der Waals surface area contributed by atoms with E-state index in [0.29, 0.717) is 0 Å². The second-order valence-electron chi connectivity index (χ2n) is 5.05. The molecular weight excluding hydrogens is 196 g/mol. The van der Waals surface area contributed by atoms with Gasteiger partial charge in [0.05, 0.1) is 0 Å². The minimum Gasteiger partial charge on any atom is -0.313 e. The molecule has 3 atom stereocenters. The largest absolute Gasteiger partial charge is 0.313 e. The molecule has 1 aliphatic carbocycles. The number of hydrogen-bond acceptors (Lipinski definition) is 2. The van der Waals surface area contributed by atoms with Crippen LogP contribution < -0.4 is 5.32 Å². The van der Waals surface area contributed by atoms with Crippen LogP contribution in [-0.2, 0) is 6.42 Å². The molecule has 0 amide bonds. The Labute approximate surface area is 98.5 Å². The molecule has 16 heavy (non-hydrogen) atoms. The number of hydrogen-bond donors (Lipinski definition) is 1. The highest BCUT2D eigenvalue weighted by molar-refractivity contribution is 5.03. The fourth-order valence-electron chi connectivity index (χ4n) is 2.58. The third-order valence-electron chi connectivity index (χ3n) is 3.98. The fraction of sp³-hybridized carbons (Fsp3) is 0.643. The molecule has 2 nitrogen and oxygen atoms in total. The SMILES string of the molecule is CC1CCC(NCCc2ccccn2)C1C. The van der Waals surface area contributed by atoms with Crippen LogP contribution in [-0.4, -0.2) is 17.6 Å². The minimum atomic E-state index is 0.721. The van der Waals surface area contributed by atoms with Crippen molar-refractivity contribution >= 4 is 0 Å². The van der Waals surface area contributed by atoms with Crippen LogP contribution in [0.4, 0.5) is 0 Å². The fourth-order valence-corrected chi connectivity index (χ4v) is 2.58. The Morgan fingerprint density at radius 1 is 1.31 bits per heavy atom. The van der Waals surface area contributed by atoms with Crippen molar-refractivity contribution in [1.29, 1.82) is 0 Å². The third kappa shape index (κ3) is 2.82. The minimum absolute atomic E-state index is 0.721. The molecule has 1 aromatic rings. The Bertz CT molecular complexity index is 310. The zero-order valence-corrected chi connectivity index (χ0v) is 10.3. The molecule has 3 unspecified atom stereocenters. The van der Waals surface area contributed by atoms with Gasteiger partial charge in [0.25, 0.3) is 0 Å². The van der Waals surface area contributed by atoms with Crippen LogP contribution in [0, 0.1) is 11.8 Å². The molecule has 1 N–H and O–H groups in total. The van der Waals surface area contributed by atoms with Crippen LogP contribution >= 0.6 is 0 Å². The van der Waals surface area contributed by atoms with Crippen molar-refractivity contribution in [3.05, 3.63) is 30.1 Å². The van der Waals surface area contributed by atoms with Crippen molar-refractivity contribution in [3.8, 4) is 0 Å². The molecule has 1 aliphatic rings. The van der Waals surface area contributed by atoms with Gasteiger partial charge in [0.1, 0.15) is 0 Å². The van der Waals surface area contributed by atoms with Gasteiger partial charge in [0, 0.05) is 30.9 Å². The maximum Gasteiger partial charge on any atom is 0.0416 e. The van der Waals surface area contributed by atoms with Crippen LogP contribution in [0.5, 0.6) is 0 Å². The molecule has 88 valence electrons. The first-order valence-corrected chi connectivity index (χ1v) is 6.40. The summed E-state index contributed by atoms with van der Waals surface area (Å²) >= 11 is 0. The van der Waals surface area contributed by atoms with E-state index in [0.717, 1.165) is 30.8 Å². The molecule has 0 bridgehead atoms. The lowest BCUT2D eigenvalue weighted by molar-refractivity contribution is 0.372. The molecule has 1 fully saturated rings. The van der Waals surface area contributed by atoms with Crippen LogP contribution in [0.15, 0.2) is 24.4 Å². The summed E-state index contributed by atoms with van der Waals surface area (Å²) in [7, 11) is 0. The number of nitrogens with one attached hydrogen (secondary N) is 1. The van der Waals surface area contributed by atoms with Crippen LogP contribution in [0.1, 0.15) is 32.4 Å². The summed E-state index contributed by atoms with van der Waals surface area (Å²) in [6.45, 7) is 5.79. The lowest BCUT2D eigenvalue weighted by atomic mass is 9.98. The van der Waals surface area contributed by atoms with Gasteiger partial charge in [0.2, 0.25) is 0 Å². The van der Waals surface area contributed by atoms with E-state index in [1.54, 1.807) is 0 Å². The molecular formula is C14H22N2. The molecule has 1 aromatic heterocycles.